The quantitative estimate of drug-likeness (QED) is 0.406. The summed E-state index contributed by atoms with van der Waals surface area (Å²) in [6.07, 6.45) is 1.79. The van der Waals surface area contributed by atoms with Crippen LogP contribution in [-0.4, -0.2) is 30.5 Å². The Morgan fingerprint density at radius 3 is 2.56 bits per heavy atom. The lowest BCUT2D eigenvalue weighted by Crippen LogP contribution is -2.13. The van der Waals surface area contributed by atoms with Crippen LogP contribution in [0.5, 0.6) is 0 Å². The molecule has 0 saturated carbocycles. The number of hydrogen-bond donors (Lipinski definition) is 1. The van der Waals surface area contributed by atoms with Crippen LogP contribution in [0.3, 0.4) is 0 Å². The Morgan fingerprint density at radius 2 is 1.82 bits per heavy atom. The maximum atomic E-state index is 13.5. The number of carbonyl (C=O) groups excluding carboxylic acids is 1. The van der Waals surface area contributed by atoms with Crippen molar-refractivity contribution >= 4 is 22.5 Å². The maximum absolute atomic E-state index is 13.5. The van der Waals surface area contributed by atoms with Crippen molar-refractivity contribution in [2.45, 2.75) is 27.3 Å². The molecule has 0 bridgehead atoms. The molecule has 0 aliphatic heterocycles. The lowest BCUT2D eigenvalue weighted by Gasteiger charge is -2.12. The molecule has 0 radical (unpaired) electrons. The van der Waals surface area contributed by atoms with Crippen molar-refractivity contribution in [3.63, 3.8) is 0 Å². The highest BCUT2D eigenvalue weighted by Crippen LogP contribution is 2.27. The van der Waals surface area contributed by atoms with E-state index in [0.29, 0.717) is 12.1 Å². The van der Waals surface area contributed by atoms with Crippen molar-refractivity contribution in [1.82, 2.24) is 24.5 Å². The number of rotatable bonds is 5. The third-order valence-electron chi connectivity index (χ3n) is 6.09. The molecule has 170 valence electrons. The molecule has 3 aromatic heterocycles. The van der Waals surface area contributed by atoms with Gasteiger partial charge in [0.2, 0.25) is 0 Å². The predicted octanol–water partition coefficient (Wildman–Crippen LogP) is 5.06. The van der Waals surface area contributed by atoms with Gasteiger partial charge in [-0.2, -0.15) is 10.2 Å². The van der Waals surface area contributed by atoms with Gasteiger partial charge < -0.3 is 5.32 Å². The number of aryl methyl sites for hydroxylation is 3. The molecule has 7 nitrogen and oxygen atoms in total. The molecule has 34 heavy (non-hydrogen) atoms. The SMILES string of the molecule is Cc1cc(C)n(Cc2cccc(NC(=O)c3cc(-c4cnn(C)c4C)nc4ccccc34)c2)n1. The van der Waals surface area contributed by atoms with Gasteiger partial charge in [-0.3, -0.25) is 14.2 Å². The van der Waals surface area contributed by atoms with E-state index in [-0.39, 0.29) is 5.91 Å². The average molecular weight is 451 g/mol. The first-order valence-corrected chi connectivity index (χ1v) is 11.2. The normalized spacial score (nSPS) is 11.2. The monoisotopic (exact) mass is 450 g/mol. The highest BCUT2D eigenvalue weighted by molar-refractivity contribution is 6.13. The van der Waals surface area contributed by atoms with Crippen LogP contribution >= 0.6 is 0 Å². The summed E-state index contributed by atoms with van der Waals surface area (Å²) in [6, 6.07) is 19.5. The van der Waals surface area contributed by atoms with Crippen molar-refractivity contribution < 1.29 is 4.79 Å². The number of carbonyl (C=O) groups is 1. The van der Waals surface area contributed by atoms with Crippen molar-refractivity contribution in [2.75, 3.05) is 5.32 Å². The Bertz CT molecular complexity index is 1530. The number of para-hydroxylation sites is 1. The van der Waals surface area contributed by atoms with E-state index >= 15 is 0 Å². The molecule has 5 aromatic rings. The minimum absolute atomic E-state index is 0.176. The second kappa shape index (κ2) is 8.59. The van der Waals surface area contributed by atoms with E-state index < -0.39 is 0 Å². The fraction of sp³-hybridized carbons (Fsp3) is 0.185. The third-order valence-corrected chi connectivity index (χ3v) is 6.09. The molecule has 0 aliphatic rings. The van der Waals surface area contributed by atoms with Crippen molar-refractivity contribution in [3.8, 4) is 11.3 Å². The largest absolute Gasteiger partial charge is 0.322 e. The summed E-state index contributed by atoms with van der Waals surface area (Å²) in [5.41, 5.74) is 7.88. The second-order valence-corrected chi connectivity index (χ2v) is 8.58. The van der Waals surface area contributed by atoms with Gasteiger partial charge in [0.15, 0.2) is 0 Å². The molecular weight excluding hydrogens is 424 g/mol. The van der Waals surface area contributed by atoms with Gasteiger partial charge in [0.1, 0.15) is 0 Å². The first kappa shape index (κ1) is 21.6. The maximum Gasteiger partial charge on any atom is 0.256 e. The first-order chi connectivity index (χ1) is 16.4. The molecular formula is C27H26N6O. The van der Waals surface area contributed by atoms with Gasteiger partial charge in [-0.15, -0.1) is 0 Å². The zero-order valence-corrected chi connectivity index (χ0v) is 19.7. The lowest BCUT2D eigenvalue weighted by atomic mass is 10.0. The number of nitrogens with one attached hydrogen (secondary N) is 1. The van der Waals surface area contributed by atoms with Crippen LogP contribution in [0.4, 0.5) is 5.69 Å². The van der Waals surface area contributed by atoms with Crippen LogP contribution in [-0.2, 0) is 13.6 Å². The van der Waals surface area contributed by atoms with Crippen LogP contribution in [0.1, 0.15) is 33.0 Å². The molecule has 0 unspecified atom stereocenters. The summed E-state index contributed by atoms with van der Waals surface area (Å²) >= 11 is 0. The molecule has 5 rings (SSSR count). The van der Waals surface area contributed by atoms with Gasteiger partial charge >= 0.3 is 0 Å². The second-order valence-electron chi connectivity index (χ2n) is 8.58. The van der Waals surface area contributed by atoms with Gasteiger partial charge in [-0.25, -0.2) is 4.98 Å². The van der Waals surface area contributed by atoms with Gasteiger partial charge in [0.05, 0.1) is 35.2 Å². The average Bonchev–Trinajstić information content (AvgIpc) is 3.32. The molecule has 0 fully saturated rings. The number of benzene rings is 2. The van der Waals surface area contributed by atoms with Crippen LogP contribution in [0.15, 0.2) is 66.9 Å². The number of aromatic nitrogens is 5. The molecule has 0 atom stereocenters. The Balaban J connectivity index is 1.48. The highest BCUT2D eigenvalue weighted by atomic mass is 16.1. The fourth-order valence-electron chi connectivity index (χ4n) is 4.21. The standard InChI is InChI=1S/C27H26N6O/c1-17-12-18(2)33(31-17)16-20-8-7-9-21(13-20)29-27(34)23-14-26(24-15-28-32(4)19(24)3)30-25-11-6-5-10-22(23)25/h5-15H,16H2,1-4H3,(H,29,34). The number of pyridine rings is 1. The summed E-state index contributed by atoms with van der Waals surface area (Å²) < 4.78 is 3.77. The number of fused-ring (bicyclic) bond motifs is 1. The summed E-state index contributed by atoms with van der Waals surface area (Å²) in [4.78, 5) is 18.2. The Hall–Kier alpha value is -4.26. The zero-order chi connectivity index (χ0) is 23.8. The Labute approximate surface area is 198 Å². The molecule has 1 amide bonds. The zero-order valence-electron chi connectivity index (χ0n) is 19.7. The van der Waals surface area contributed by atoms with Crippen LogP contribution in [0.2, 0.25) is 0 Å². The predicted molar refractivity (Wildman–Crippen MR) is 134 cm³/mol. The van der Waals surface area contributed by atoms with Crippen LogP contribution < -0.4 is 5.32 Å². The van der Waals surface area contributed by atoms with Gasteiger partial charge in [0, 0.05) is 35.1 Å². The van der Waals surface area contributed by atoms with Crippen molar-refractivity contribution in [2.24, 2.45) is 7.05 Å². The minimum Gasteiger partial charge on any atom is -0.322 e. The van der Waals surface area contributed by atoms with E-state index in [9.17, 15) is 4.79 Å². The van der Waals surface area contributed by atoms with E-state index in [1.165, 1.54) is 0 Å². The van der Waals surface area contributed by atoms with E-state index in [1.54, 1.807) is 10.9 Å². The lowest BCUT2D eigenvalue weighted by molar-refractivity contribution is 0.102. The molecule has 0 saturated heterocycles. The van der Waals surface area contributed by atoms with Crippen LogP contribution in [0, 0.1) is 20.8 Å². The van der Waals surface area contributed by atoms with Gasteiger partial charge in [0.25, 0.3) is 5.91 Å². The summed E-state index contributed by atoms with van der Waals surface area (Å²) in [7, 11) is 1.90. The highest BCUT2D eigenvalue weighted by Gasteiger charge is 2.16. The minimum atomic E-state index is -0.176. The summed E-state index contributed by atoms with van der Waals surface area (Å²) in [5.74, 6) is -0.176. The van der Waals surface area contributed by atoms with Crippen LogP contribution in [0.25, 0.3) is 22.2 Å². The molecule has 0 aliphatic carbocycles. The molecule has 1 N–H and O–H groups in total. The number of hydrogen-bond acceptors (Lipinski definition) is 4. The van der Waals surface area contributed by atoms with Crippen molar-refractivity contribution in [3.05, 3.63) is 95.1 Å². The van der Waals surface area contributed by atoms with E-state index in [0.717, 1.165) is 50.5 Å². The van der Waals surface area contributed by atoms with Gasteiger partial charge in [-0.1, -0.05) is 30.3 Å². The fourth-order valence-corrected chi connectivity index (χ4v) is 4.21. The summed E-state index contributed by atoms with van der Waals surface area (Å²) in [5, 5.41) is 12.8. The smallest absolute Gasteiger partial charge is 0.256 e. The molecule has 3 heterocycles. The molecule has 2 aromatic carbocycles. The number of anilines is 1. The first-order valence-electron chi connectivity index (χ1n) is 11.2. The molecule has 7 heteroatoms. The van der Waals surface area contributed by atoms with Crippen molar-refractivity contribution in [1.29, 1.82) is 0 Å². The Kier molecular flexibility index (Phi) is 5.45. The summed E-state index contributed by atoms with van der Waals surface area (Å²) in [6.45, 7) is 6.67. The molecule has 0 spiro atoms. The Morgan fingerprint density at radius 1 is 1.00 bits per heavy atom. The van der Waals surface area contributed by atoms with E-state index in [1.807, 2.05) is 87.1 Å². The number of amides is 1. The number of nitrogens with zero attached hydrogens (tertiary/aromatic N) is 5. The topological polar surface area (TPSA) is 77.6 Å². The van der Waals surface area contributed by atoms with E-state index in [4.69, 9.17) is 4.98 Å². The third kappa shape index (κ3) is 4.08. The van der Waals surface area contributed by atoms with Gasteiger partial charge in [-0.05, 0) is 56.7 Å². The van der Waals surface area contributed by atoms with E-state index in [2.05, 4.69) is 21.6 Å².